The van der Waals surface area contributed by atoms with Crippen molar-refractivity contribution in [2.75, 3.05) is 18.8 Å². The van der Waals surface area contributed by atoms with Crippen molar-refractivity contribution in [3.05, 3.63) is 10.6 Å². The highest BCUT2D eigenvalue weighted by molar-refractivity contribution is 7.92. The van der Waals surface area contributed by atoms with Crippen LogP contribution in [0.3, 0.4) is 0 Å². The molecule has 1 saturated heterocycles. The number of carbonyl (C=O) groups is 1. The van der Waals surface area contributed by atoms with Gasteiger partial charge in [-0.05, 0) is 18.0 Å². The molecule has 0 spiro atoms. The third-order valence-electron chi connectivity index (χ3n) is 3.28. The van der Waals surface area contributed by atoms with Gasteiger partial charge in [0.05, 0.1) is 10.9 Å². The molecular formula is C11H17N3O3S2. The molecule has 106 valence electrons. The quantitative estimate of drug-likeness (QED) is 0.802. The van der Waals surface area contributed by atoms with E-state index in [4.69, 9.17) is 0 Å². The van der Waals surface area contributed by atoms with Gasteiger partial charge in [0.2, 0.25) is 0 Å². The Labute approximate surface area is 116 Å². The Balaban J connectivity index is 2.02. The summed E-state index contributed by atoms with van der Waals surface area (Å²) in [6.07, 6.45) is 1.63. The average molecular weight is 303 g/mol. The van der Waals surface area contributed by atoms with Crippen LogP contribution in [0.5, 0.6) is 0 Å². The van der Waals surface area contributed by atoms with E-state index in [2.05, 4.69) is 9.59 Å². The summed E-state index contributed by atoms with van der Waals surface area (Å²) in [6, 6.07) is 0. The molecule has 0 saturated carbocycles. The fourth-order valence-corrected chi connectivity index (χ4v) is 3.94. The van der Waals surface area contributed by atoms with E-state index in [1.54, 1.807) is 11.8 Å². The van der Waals surface area contributed by atoms with Gasteiger partial charge in [0.1, 0.15) is 4.88 Å². The zero-order valence-corrected chi connectivity index (χ0v) is 12.6. The maximum Gasteiger partial charge on any atom is 0.267 e. The van der Waals surface area contributed by atoms with Gasteiger partial charge < -0.3 is 4.90 Å². The van der Waals surface area contributed by atoms with Gasteiger partial charge in [-0.2, -0.15) is 0 Å². The van der Waals surface area contributed by atoms with Crippen molar-refractivity contribution in [3.63, 3.8) is 0 Å². The largest absolute Gasteiger partial charge is 0.335 e. The Morgan fingerprint density at radius 2 is 2.11 bits per heavy atom. The molecule has 1 aliphatic heterocycles. The molecule has 0 N–H and O–H groups in total. The van der Waals surface area contributed by atoms with Gasteiger partial charge in [-0.3, -0.25) is 4.79 Å². The number of nitrogens with zero attached hydrogens (tertiary/aromatic N) is 3. The van der Waals surface area contributed by atoms with Crippen LogP contribution in [0.15, 0.2) is 0 Å². The zero-order valence-electron chi connectivity index (χ0n) is 11.0. The molecule has 1 amide bonds. The summed E-state index contributed by atoms with van der Waals surface area (Å²) in [4.78, 5) is 14.3. The molecule has 0 aromatic carbocycles. The summed E-state index contributed by atoms with van der Waals surface area (Å²) in [7, 11) is -3.04. The van der Waals surface area contributed by atoms with E-state index in [-0.39, 0.29) is 11.7 Å². The standard InChI is InChI=1S/C11H17N3O3S2/c1-3-5-9-10(18-13-12-9)11(15)14-6-8(7-14)19(16,17)4-2/h8H,3-7H2,1-2H3. The SMILES string of the molecule is CCCc1nnsc1C(=O)N1CC(S(=O)(=O)CC)C1. The molecule has 1 fully saturated rings. The van der Waals surface area contributed by atoms with Crippen LogP contribution in [0.2, 0.25) is 0 Å². The number of likely N-dealkylation sites (tertiary alicyclic amines) is 1. The summed E-state index contributed by atoms with van der Waals surface area (Å²) in [5.41, 5.74) is 0.722. The number of rotatable bonds is 5. The Morgan fingerprint density at radius 3 is 2.68 bits per heavy atom. The normalized spacial score (nSPS) is 16.4. The molecule has 8 heteroatoms. The molecule has 0 bridgehead atoms. The second-order valence-electron chi connectivity index (χ2n) is 4.58. The van der Waals surface area contributed by atoms with Crippen molar-refractivity contribution in [1.82, 2.24) is 14.5 Å². The van der Waals surface area contributed by atoms with Gasteiger partial charge in [0.25, 0.3) is 5.91 Å². The highest BCUT2D eigenvalue weighted by Crippen LogP contribution is 2.22. The van der Waals surface area contributed by atoms with Gasteiger partial charge in [-0.1, -0.05) is 24.8 Å². The number of sulfone groups is 1. The lowest BCUT2D eigenvalue weighted by atomic mass is 10.1. The lowest BCUT2D eigenvalue weighted by molar-refractivity contribution is 0.0662. The zero-order chi connectivity index (χ0) is 14.0. The maximum atomic E-state index is 12.2. The van der Waals surface area contributed by atoms with Crippen molar-refractivity contribution < 1.29 is 13.2 Å². The monoisotopic (exact) mass is 303 g/mol. The van der Waals surface area contributed by atoms with E-state index >= 15 is 0 Å². The molecule has 0 unspecified atom stereocenters. The van der Waals surface area contributed by atoms with Gasteiger partial charge in [-0.15, -0.1) is 5.10 Å². The Bertz CT molecular complexity index is 561. The Morgan fingerprint density at radius 1 is 1.42 bits per heavy atom. The van der Waals surface area contributed by atoms with Gasteiger partial charge in [0, 0.05) is 18.8 Å². The van der Waals surface area contributed by atoms with Crippen LogP contribution in [0.4, 0.5) is 0 Å². The van der Waals surface area contributed by atoms with Gasteiger partial charge in [0.15, 0.2) is 9.84 Å². The van der Waals surface area contributed by atoms with Crippen LogP contribution in [-0.2, 0) is 16.3 Å². The predicted octanol–water partition coefficient (Wildman–Crippen LogP) is 0.750. The number of hydrogen-bond donors (Lipinski definition) is 0. The highest BCUT2D eigenvalue weighted by atomic mass is 32.2. The van der Waals surface area contributed by atoms with Gasteiger partial charge in [-0.25, -0.2) is 8.42 Å². The van der Waals surface area contributed by atoms with E-state index in [1.807, 2.05) is 6.92 Å². The van der Waals surface area contributed by atoms with Crippen LogP contribution in [0, 0.1) is 0 Å². The van der Waals surface area contributed by atoms with Crippen LogP contribution >= 0.6 is 11.5 Å². The second kappa shape index (κ2) is 5.54. The molecule has 0 atom stereocenters. The first-order chi connectivity index (χ1) is 8.99. The van der Waals surface area contributed by atoms with Crippen LogP contribution in [0.25, 0.3) is 0 Å². The first kappa shape index (κ1) is 14.4. The van der Waals surface area contributed by atoms with Gasteiger partial charge >= 0.3 is 0 Å². The summed E-state index contributed by atoms with van der Waals surface area (Å²) in [5, 5.41) is 3.55. The minimum atomic E-state index is -3.04. The van der Waals surface area contributed by atoms with Crippen LogP contribution < -0.4 is 0 Å². The smallest absolute Gasteiger partial charge is 0.267 e. The lowest BCUT2D eigenvalue weighted by Crippen LogP contribution is -2.57. The van der Waals surface area contributed by atoms with Crippen molar-refractivity contribution in [3.8, 4) is 0 Å². The van der Waals surface area contributed by atoms with Crippen molar-refractivity contribution in [2.45, 2.75) is 31.9 Å². The summed E-state index contributed by atoms with van der Waals surface area (Å²) >= 11 is 1.09. The average Bonchev–Trinajstić information content (AvgIpc) is 2.75. The second-order valence-corrected chi connectivity index (χ2v) is 7.91. The molecule has 2 heterocycles. The molecule has 1 aliphatic rings. The third kappa shape index (κ3) is 2.79. The van der Waals surface area contributed by atoms with Crippen molar-refractivity contribution in [1.29, 1.82) is 0 Å². The Hall–Kier alpha value is -1.02. The minimum Gasteiger partial charge on any atom is -0.335 e. The molecule has 1 aromatic rings. The first-order valence-electron chi connectivity index (χ1n) is 6.31. The fraction of sp³-hybridized carbons (Fsp3) is 0.727. The van der Waals surface area contributed by atoms with E-state index < -0.39 is 15.1 Å². The molecular weight excluding hydrogens is 286 g/mol. The molecule has 0 aliphatic carbocycles. The number of carbonyl (C=O) groups excluding carboxylic acids is 1. The first-order valence-corrected chi connectivity index (χ1v) is 8.80. The molecule has 6 nitrogen and oxygen atoms in total. The lowest BCUT2D eigenvalue weighted by Gasteiger charge is -2.38. The number of hydrogen-bond acceptors (Lipinski definition) is 6. The molecule has 19 heavy (non-hydrogen) atoms. The topological polar surface area (TPSA) is 80.2 Å². The number of aryl methyl sites for hydroxylation is 1. The van der Waals surface area contributed by atoms with E-state index in [0.29, 0.717) is 18.0 Å². The summed E-state index contributed by atoms with van der Waals surface area (Å²) in [5.74, 6) is -0.0101. The van der Waals surface area contributed by atoms with E-state index in [1.165, 1.54) is 0 Å². The summed E-state index contributed by atoms with van der Waals surface area (Å²) < 4.78 is 27.1. The maximum absolute atomic E-state index is 12.2. The minimum absolute atomic E-state index is 0.128. The van der Waals surface area contributed by atoms with Crippen LogP contribution in [-0.4, -0.2) is 52.9 Å². The van der Waals surface area contributed by atoms with Crippen molar-refractivity contribution in [2.24, 2.45) is 0 Å². The van der Waals surface area contributed by atoms with E-state index in [0.717, 1.165) is 30.1 Å². The fourth-order valence-electron chi connectivity index (χ4n) is 1.98. The van der Waals surface area contributed by atoms with Crippen molar-refractivity contribution >= 4 is 27.3 Å². The van der Waals surface area contributed by atoms with Crippen LogP contribution in [0.1, 0.15) is 35.6 Å². The molecule has 1 aromatic heterocycles. The number of aromatic nitrogens is 2. The molecule has 2 rings (SSSR count). The third-order valence-corrected chi connectivity index (χ3v) is 6.16. The highest BCUT2D eigenvalue weighted by Gasteiger charge is 2.39. The number of amides is 1. The van der Waals surface area contributed by atoms with E-state index in [9.17, 15) is 13.2 Å². The Kier molecular flexibility index (Phi) is 4.19. The molecule has 0 radical (unpaired) electrons. The predicted molar refractivity (Wildman–Crippen MR) is 73.1 cm³/mol. The summed E-state index contributed by atoms with van der Waals surface area (Å²) in [6.45, 7) is 4.23.